The van der Waals surface area contributed by atoms with Crippen molar-refractivity contribution >= 4 is 33.3 Å². The highest BCUT2D eigenvalue weighted by Crippen LogP contribution is 2.42. The van der Waals surface area contributed by atoms with E-state index in [1.807, 2.05) is 24.3 Å². The van der Waals surface area contributed by atoms with E-state index in [1.54, 1.807) is 11.6 Å². The predicted molar refractivity (Wildman–Crippen MR) is 120 cm³/mol. The fourth-order valence-corrected chi connectivity index (χ4v) is 4.54. The van der Waals surface area contributed by atoms with Crippen LogP contribution < -0.4 is 15.1 Å². The van der Waals surface area contributed by atoms with Gasteiger partial charge in [-0.05, 0) is 42.3 Å². The predicted octanol–water partition coefficient (Wildman–Crippen LogP) is 5.32. The minimum absolute atomic E-state index is 0.0439. The van der Waals surface area contributed by atoms with Gasteiger partial charge >= 0.3 is 0 Å². The molecule has 2 aromatic heterocycles. The summed E-state index contributed by atoms with van der Waals surface area (Å²) >= 11 is 1.29. The molecule has 0 spiro atoms. The molecule has 4 aromatic rings. The van der Waals surface area contributed by atoms with Crippen LogP contribution in [0.3, 0.4) is 0 Å². The average Bonchev–Trinajstić information content (AvgIpc) is 3.42. The molecule has 32 heavy (non-hydrogen) atoms. The van der Waals surface area contributed by atoms with Crippen LogP contribution in [0, 0.1) is 5.82 Å². The molecule has 0 N–H and O–H groups in total. The first kappa shape index (κ1) is 20.4. The van der Waals surface area contributed by atoms with Crippen molar-refractivity contribution in [2.75, 3.05) is 11.5 Å². The van der Waals surface area contributed by atoms with E-state index in [9.17, 15) is 14.0 Å². The van der Waals surface area contributed by atoms with E-state index in [0.717, 1.165) is 18.9 Å². The summed E-state index contributed by atoms with van der Waals surface area (Å²) in [4.78, 5) is 32.5. The van der Waals surface area contributed by atoms with E-state index >= 15 is 0 Å². The molecule has 5 rings (SSSR count). The van der Waals surface area contributed by atoms with Gasteiger partial charge in [-0.15, -0.1) is 11.3 Å². The van der Waals surface area contributed by atoms with Gasteiger partial charge in [0.25, 0.3) is 5.91 Å². The number of aromatic nitrogens is 1. The number of amides is 1. The lowest BCUT2D eigenvalue weighted by Gasteiger charge is -2.22. The van der Waals surface area contributed by atoms with Crippen LogP contribution in [0.25, 0.3) is 11.0 Å². The fraction of sp³-hybridized carbons (Fsp3) is 0.208. The zero-order valence-corrected chi connectivity index (χ0v) is 18.0. The molecule has 162 valence electrons. The monoisotopic (exact) mass is 450 g/mol. The second kappa shape index (κ2) is 8.20. The van der Waals surface area contributed by atoms with Crippen molar-refractivity contribution in [2.45, 2.75) is 25.8 Å². The van der Waals surface area contributed by atoms with Crippen LogP contribution >= 0.6 is 11.3 Å². The van der Waals surface area contributed by atoms with Crippen LogP contribution in [-0.2, 0) is 0 Å². The Hall–Kier alpha value is -3.52. The molecule has 0 fully saturated rings. The molecule has 0 aliphatic carbocycles. The number of hydrogen-bond acceptors (Lipinski definition) is 6. The van der Waals surface area contributed by atoms with Gasteiger partial charge < -0.3 is 9.15 Å². The van der Waals surface area contributed by atoms with E-state index in [2.05, 4.69) is 11.9 Å². The summed E-state index contributed by atoms with van der Waals surface area (Å²) in [7, 11) is 0. The van der Waals surface area contributed by atoms with Crippen molar-refractivity contribution in [1.82, 2.24) is 4.98 Å². The molecular formula is C24H19FN2O4S. The van der Waals surface area contributed by atoms with Gasteiger partial charge in [-0.2, -0.15) is 0 Å². The van der Waals surface area contributed by atoms with Crippen LogP contribution in [-0.4, -0.2) is 17.5 Å². The van der Waals surface area contributed by atoms with Crippen molar-refractivity contribution in [3.63, 3.8) is 0 Å². The third-order valence-electron chi connectivity index (χ3n) is 5.42. The Labute approximate surface area is 186 Å². The van der Waals surface area contributed by atoms with E-state index in [1.165, 1.54) is 28.4 Å². The molecule has 0 unspecified atom stereocenters. The lowest BCUT2D eigenvalue weighted by molar-refractivity contribution is 0.0971. The summed E-state index contributed by atoms with van der Waals surface area (Å²) in [6, 6.07) is 10.2. The Morgan fingerprint density at radius 3 is 2.72 bits per heavy atom. The number of benzene rings is 2. The van der Waals surface area contributed by atoms with E-state index in [4.69, 9.17) is 9.15 Å². The van der Waals surface area contributed by atoms with E-state index < -0.39 is 23.2 Å². The van der Waals surface area contributed by atoms with Crippen LogP contribution in [0.2, 0.25) is 0 Å². The number of unbranched alkanes of at least 4 members (excludes halogenated alkanes) is 1. The normalized spacial score (nSPS) is 15.4. The topological polar surface area (TPSA) is 72.6 Å². The number of thiazole rings is 1. The number of nitrogens with zero attached hydrogens (tertiary/aromatic N) is 2. The van der Waals surface area contributed by atoms with Gasteiger partial charge in [0.05, 0.1) is 23.6 Å². The standard InChI is InChI=1S/C24H19FN2O4S/c1-2-3-11-30-16-7-4-14(5-8-16)20-19-21(28)17-13-15(25)6-9-18(17)31-22(19)23(29)27(20)24-26-10-12-32-24/h4-10,12-13,20H,2-3,11H2,1H3/t20-/m0/s1. The highest BCUT2D eigenvalue weighted by molar-refractivity contribution is 7.13. The van der Waals surface area contributed by atoms with Crippen LogP contribution in [0.4, 0.5) is 9.52 Å². The maximum atomic E-state index is 13.9. The summed E-state index contributed by atoms with van der Waals surface area (Å²) in [5.41, 5.74) is 0.630. The number of fused-ring (bicyclic) bond motifs is 2. The minimum Gasteiger partial charge on any atom is -0.494 e. The maximum absolute atomic E-state index is 13.9. The molecule has 0 saturated carbocycles. The lowest BCUT2D eigenvalue weighted by Crippen LogP contribution is -2.29. The second-order valence-electron chi connectivity index (χ2n) is 7.48. The Balaban J connectivity index is 1.66. The number of carbonyl (C=O) groups is 1. The molecular weight excluding hydrogens is 431 g/mol. The van der Waals surface area contributed by atoms with Crippen molar-refractivity contribution in [2.24, 2.45) is 0 Å². The van der Waals surface area contributed by atoms with Gasteiger partial charge in [-0.1, -0.05) is 25.5 Å². The van der Waals surface area contributed by atoms with Gasteiger partial charge in [-0.25, -0.2) is 9.37 Å². The van der Waals surface area contributed by atoms with Crippen LogP contribution in [0.5, 0.6) is 5.75 Å². The number of anilines is 1. The van der Waals surface area contributed by atoms with Crippen LogP contribution in [0.15, 0.2) is 63.3 Å². The van der Waals surface area contributed by atoms with Gasteiger partial charge in [0, 0.05) is 11.6 Å². The summed E-state index contributed by atoms with van der Waals surface area (Å²) in [6.07, 6.45) is 3.58. The SMILES string of the molecule is CCCCOc1ccc([C@H]2c3c(oc4ccc(F)cc4c3=O)C(=O)N2c2nccs2)cc1. The quantitative estimate of drug-likeness (QED) is 0.372. The van der Waals surface area contributed by atoms with Gasteiger partial charge in [0.15, 0.2) is 10.6 Å². The van der Waals surface area contributed by atoms with Crippen molar-refractivity contribution in [3.8, 4) is 5.75 Å². The number of carbonyl (C=O) groups excluding carboxylic acids is 1. The van der Waals surface area contributed by atoms with Gasteiger partial charge in [0.2, 0.25) is 5.76 Å². The molecule has 1 atom stereocenters. The first-order valence-corrected chi connectivity index (χ1v) is 11.2. The summed E-state index contributed by atoms with van der Waals surface area (Å²) < 4.78 is 25.4. The molecule has 3 heterocycles. The highest BCUT2D eigenvalue weighted by atomic mass is 32.1. The molecule has 6 nitrogen and oxygen atoms in total. The maximum Gasteiger partial charge on any atom is 0.297 e. The number of rotatable bonds is 6. The second-order valence-corrected chi connectivity index (χ2v) is 8.35. The van der Waals surface area contributed by atoms with Crippen molar-refractivity contribution in [1.29, 1.82) is 0 Å². The molecule has 1 amide bonds. The third kappa shape index (κ3) is 3.36. The first-order chi connectivity index (χ1) is 15.6. The number of hydrogen-bond donors (Lipinski definition) is 0. The molecule has 1 aliphatic heterocycles. The smallest absolute Gasteiger partial charge is 0.297 e. The van der Waals surface area contributed by atoms with Crippen LogP contribution in [0.1, 0.15) is 47.5 Å². The molecule has 1 aliphatic rings. The Morgan fingerprint density at radius 2 is 2.00 bits per heavy atom. The molecule has 0 bridgehead atoms. The molecule has 8 heteroatoms. The summed E-state index contributed by atoms with van der Waals surface area (Å²) in [5, 5.41) is 2.31. The Morgan fingerprint density at radius 1 is 1.19 bits per heavy atom. The average molecular weight is 450 g/mol. The summed E-state index contributed by atoms with van der Waals surface area (Å²) in [5.74, 6) is -0.333. The van der Waals surface area contributed by atoms with E-state index in [-0.39, 0.29) is 22.3 Å². The van der Waals surface area contributed by atoms with Crippen molar-refractivity contribution in [3.05, 3.63) is 87.0 Å². The number of ether oxygens (including phenoxy) is 1. The molecule has 2 aromatic carbocycles. The largest absolute Gasteiger partial charge is 0.494 e. The fourth-order valence-electron chi connectivity index (χ4n) is 3.87. The third-order valence-corrected chi connectivity index (χ3v) is 6.19. The zero-order valence-electron chi connectivity index (χ0n) is 17.2. The Bertz CT molecular complexity index is 1350. The zero-order chi connectivity index (χ0) is 22.2. The summed E-state index contributed by atoms with van der Waals surface area (Å²) in [6.45, 7) is 2.71. The first-order valence-electron chi connectivity index (χ1n) is 10.3. The number of halogens is 1. The molecule has 0 saturated heterocycles. The molecule has 0 radical (unpaired) electrons. The minimum atomic E-state index is -0.739. The van der Waals surface area contributed by atoms with E-state index in [0.29, 0.717) is 23.1 Å². The highest BCUT2D eigenvalue weighted by Gasteiger charge is 2.44. The lowest BCUT2D eigenvalue weighted by atomic mass is 9.98. The van der Waals surface area contributed by atoms with Crippen molar-refractivity contribution < 1.29 is 18.3 Å². The van der Waals surface area contributed by atoms with Gasteiger partial charge in [-0.3, -0.25) is 14.5 Å². The Kier molecular flexibility index (Phi) is 5.22. The van der Waals surface area contributed by atoms with Gasteiger partial charge in [0.1, 0.15) is 17.1 Å².